The molecule has 2 atom stereocenters. The Hall–Kier alpha value is -1.32. The van der Waals surface area contributed by atoms with Gasteiger partial charge in [-0.05, 0) is 19.3 Å². The van der Waals surface area contributed by atoms with Crippen LogP contribution in [0.3, 0.4) is 0 Å². The SMILES string of the molecule is C=CCN(C(=O)[C@H]1[C@@H](C(=O)O)C1(C)C)C(C)C. The average molecular weight is 239 g/mol. The zero-order chi connectivity index (χ0) is 13.4. The minimum atomic E-state index is -0.879. The Morgan fingerprint density at radius 2 is 1.94 bits per heavy atom. The highest BCUT2D eigenvalue weighted by molar-refractivity contribution is 5.91. The first-order chi connectivity index (χ1) is 7.75. The number of carboxylic acid groups (broad SMARTS) is 1. The van der Waals surface area contributed by atoms with Gasteiger partial charge in [-0.15, -0.1) is 6.58 Å². The normalized spacial score (nSPS) is 25.5. The van der Waals surface area contributed by atoms with Gasteiger partial charge in [0.1, 0.15) is 0 Å². The van der Waals surface area contributed by atoms with Gasteiger partial charge in [-0.1, -0.05) is 19.9 Å². The summed E-state index contributed by atoms with van der Waals surface area (Å²) in [7, 11) is 0. The first kappa shape index (κ1) is 13.7. The van der Waals surface area contributed by atoms with Crippen molar-refractivity contribution < 1.29 is 14.7 Å². The molecule has 0 aliphatic heterocycles. The molecule has 1 saturated carbocycles. The molecule has 0 aromatic heterocycles. The number of carboxylic acids is 1. The average Bonchev–Trinajstić information content (AvgIpc) is 2.76. The maximum atomic E-state index is 12.3. The number of rotatable bonds is 5. The molecule has 0 saturated heterocycles. The maximum Gasteiger partial charge on any atom is 0.307 e. The molecule has 0 unspecified atom stereocenters. The summed E-state index contributed by atoms with van der Waals surface area (Å²) in [5.74, 6) is -1.91. The minimum Gasteiger partial charge on any atom is -0.481 e. The molecule has 1 amide bonds. The highest BCUT2D eigenvalue weighted by atomic mass is 16.4. The van der Waals surface area contributed by atoms with Gasteiger partial charge in [0.15, 0.2) is 0 Å². The summed E-state index contributed by atoms with van der Waals surface area (Å²) >= 11 is 0. The number of carbonyl (C=O) groups excluding carboxylic acids is 1. The van der Waals surface area contributed by atoms with Crippen LogP contribution in [-0.4, -0.2) is 34.5 Å². The van der Waals surface area contributed by atoms with Gasteiger partial charge in [0.2, 0.25) is 5.91 Å². The van der Waals surface area contributed by atoms with Crippen molar-refractivity contribution in [3.63, 3.8) is 0 Å². The van der Waals surface area contributed by atoms with E-state index in [4.69, 9.17) is 5.11 Å². The van der Waals surface area contributed by atoms with Gasteiger partial charge in [0.05, 0.1) is 11.8 Å². The summed E-state index contributed by atoms with van der Waals surface area (Å²) in [6, 6.07) is 0.0614. The second-order valence-corrected chi connectivity index (χ2v) is 5.49. The number of amides is 1. The van der Waals surface area contributed by atoms with Gasteiger partial charge in [-0.2, -0.15) is 0 Å². The van der Waals surface area contributed by atoms with Crippen LogP contribution in [-0.2, 0) is 9.59 Å². The zero-order valence-corrected chi connectivity index (χ0v) is 10.9. The molecule has 1 N–H and O–H groups in total. The molecule has 0 spiro atoms. The third kappa shape index (κ3) is 2.35. The molecule has 1 aliphatic carbocycles. The largest absolute Gasteiger partial charge is 0.481 e. The van der Waals surface area contributed by atoms with E-state index in [-0.39, 0.29) is 11.9 Å². The van der Waals surface area contributed by atoms with E-state index in [0.29, 0.717) is 6.54 Å². The van der Waals surface area contributed by atoms with E-state index in [2.05, 4.69) is 6.58 Å². The van der Waals surface area contributed by atoms with Crippen LogP contribution in [0, 0.1) is 17.3 Å². The summed E-state index contributed by atoms with van der Waals surface area (Å²) in [6.07, 6.45) is 1.67. The summed E-state index contributed by atoms with van der Waals surface area (Å²) in [4.78, 5) is 25.0. The van der Waals surface area contributed by atoms with Gasteiger partial charge in [-0.3, -0.25) is 9.59 Å². The molecule has 4 nitrogen and oxygen atoms in total. The van der Waals surface area contributed by atoms with Crippen molar-refractivity contribution in [2.45, 2.75) is 33.7 Å². The molecule has 1 aliphatic rings. The summed E-state index contributed by atoms with van der Waals surface area (Å²) < 4.78 is 0. The summed E-state index contributed by atoms with van der Waals surface area (Å²) in [5.41, 5.74) is -0.433. The molecule has 0 radical (unpaired) electrons. The van der Waals surface area contributed by atoms with Crippen LogP contribution in [0.4, 0.5) is 0 Å². The molecule has 17 heavy (non-hydrogen) atoms. The number of carbonyl (C=O) groups is 2. The third-order valence-corrected chi connectivity index (χ3v) is 3.59. The molecule has 0 aromatic carbocycles. The van der Waals surface area contributed by atoms with Gasteiger partial charge in [0, 0.05) is 12.6 Å². The van der Waals surface area contributed by atoms with E-state index in [1.54, 1.807) is 11.0 Å². The fourth-order valence-electron chi connectivity index (χ4n) is 2.43. The Morgan fingerprint density at radius 1 is 1.41 bits per heavy atom. The van der Waals surface area contributed by atoms with Crippen LogP contribution in [0.25, 0.3) is 0 Å². The number of hydrogen-bond acceptors (Lipinski definition) is 2. The monoisotopic (exact) mass is 239 g/mol. The molecule has 1 fully saturated rings. The first-order valence-electron chi connectivity index (χ1n) is 5.89. The Bertz CT molecular complexity index is 347. The van der Waals surface area contributed by atoms with Crippen LogP contribution < -0.4 is 0 Å². The smallest absolute Gasteiger partial charge is 0.307 e. The quantitative estimate of drug-likeness (QED) is 0.744. The number of aliphatic carboxylic acids is 1. The number of nitrogens with zero attached hydrogens (tertiary/aromatic N) is 1. The van der Waals surface area contributed by atoms with Crippen molar-refractivity contribution in [2.75, 3.05) is 6.54 Å². The Kier molecular flexibility index (Phi) is 3.65. The maximum absolute atomic E-state index is 12.3. The van der Waals surface area contributed by atoms with E-state index < -0.39 is 23.2 Å². The van der Waals surface area contributed by atoms with Crippen LogP contribution in [0.15, 0.2) is 12.7 Å². The molecule has 4 heteroatoms. The minimum absolute atomic E-state index is 0.0614. The van der Waals surface area contributed by atoms with Crippen molar-refractivity contribution in [2.24, 2.45) is 17.3 Å². The second kappa shape index (κ2) is 4.51. The van der Waals surface area contributed by atoms with Crippen LogP contribution in [0.1, 0.15) is 27.7 Å². The van der Waals surface area contributed by atoms with Crippen LogP contribution >= 0.6 is 0 Å². The molecule has 0 heterocycles. The second-order valence-electron chi connectivity index (χ2n) is 5.49. The van der Waals surface area contributed by atoms with Crippen molar-refractivity contribution in [3.05, 3.63) is 12.7 Å². The molecule has 96 valence electrons. The van der Waals surface area contributed by atoms with Gasteiger partial charge >= 0.3 is 5.97 Å². The van der Waals surface area contributed by atoms with E-state index in [0.717, 1.165) is 0 Å². The van der Waals surface area contributed by atoms with Gasteiger partial charge in [-0.25, -0.2) is 0 Å². The Labute approximate surface area is 102 Å². The fourth-order valence-corrected chi connectivity index (χ4v) is 2.43. The zero-order valence-electron chi connectivity index (χ0n) is 10.9. The van der Waals surface area contributed by atoms with E-state index >= 15 is 0 Å². The van der Waals surface area contributed by atoms with E-state index in [9.17, 15) is 9.59 Å². The number of hydrogen-bond donors (Lipinski definition) is 1. The van der Waals surface area contributed by atoms with Crippen molar-refractivity contribution in [1.82, 2.24) is 4.90 Å². The van der Waals surface area contributed by atoms with Crippen LogP contribution in [0.5, 0.6) is 0 Å². The van der Waals surface area contributed by atoms with Crippen LogP contribution in [0.2, 0.25) is 0 Å². The molecular formula is C13H21NO3. The topological polar surface area (TPSA) is 57.6 Å². The summed E-state index contributed by atoms with van der Waals surface area (Å²) in [6.45, 7) is 11.6. The fraction of sp³-hybridized carbons (Fsp3) is 0.692. The van der Waals surface area contributed by atoms with Gasteiger partial charge < -0.3 is 10.0 Å². The lowest BCUT2D eigenvalue weighted by molar-refractivity contribution is -0.142. The summed E-state index contributed by atoms with van der Waals surface area (Å²) in [5, 5.41) is 9.07. The van der Waals surface area contributed by atoms with Crippen molar-refractivity contribution in [1.29, 1.82) is 0 Å². The first-order valence-corrected chi connectivity index (χ1v) is 5.89. The predicted octanol–water partition coefficient (Wildman–Crippen LogP) is 1.77. The Balaban J connectivity index is 2.84. The lowest BCUT2D eigenvalue weighted by Crippen LogP contribution is -2.39. The third-order valence-electron chi connectivity index (χ3n) is 3.59. The lowest BCUT2D eigenvalue weighted by atomic mass is 10.1. The highest BCUT2D eigenvalue weighted by Gasteiger charge is 2.66. The molecular weight excluding hydrogens is 218 g/mol. The lowest BCUT2D eigenvalue weighted by Gasteiger charge is -2.26. The molecule has 0 bridgehead atoms. The van der Waals surface area contributed by atoms with E-state index in [1.165, 1.54) is 0 Å². The van der Waals surface area contributed by atoms with E-state index in [1.807, 2.05) is 27.7 Å². The van der Waals surface area contributed by atoms with Crippen molar-refractivity contribution >= 4 is 11.9 Å². The Morgan fingerprint density at radius 3 is 2.24 bits per heavy atom. The predicted molar refractivity (Wildman–Crippen MR) is 65.4 cm³/mol. The molecule has 0 aromatic rings. The standard InChI is InChI=1S/C13H21NO3/c1-6-7-14(8(2)3)11(15)9-10(12(16)17)13(9,4)5/h6,8-10H,1,7H2,2-5H3,(H,16,17)/t9-,10+/m1/s1. The molecule has 1 rings (SSSR count). The highest BCUT2D eigenvalue weighted by Crippen LogP contribution is 2.59. The van der Waals surface area contributed by atoms with Gasteiger partial charge in [0.25, 0.3) is 0 Å². The van der Waals surface area contributed by atoms with Crippen molar-refractivity contribution in [3.8, 4) is 0 Å².